The van der Waals surface area contributed by atoms with Crippen molar-refractivity contribution in [2.24, 2.45) is 0 Å². The number of morpholine rings is 1. The molecule has 1 fully saturated rings. The quantitative estimate of drug-likeness (QED) is 0.437. The summed E-state index contributed by atoms with van der Waals surface area (Å²) in [6.07, 6.45) is 1.00. The molecular formula is C26H30FN5O5. The van der Waals surface area contributed by atoms with Gasteiger partial charge in [-0.05, 0) is 37.6 Å². The number of amides is 3. The van der Waals surface area contributed by atoms with Crippen LogP contribution < -0.4 is 10.6 Å². The van der Waals surface area contributed by atoms with Crippen LogP contribution >= 0.6 is 0 Å². The lowest BCUT2D eigenvalue weighted by atomic mass is 10.0. The van der Waals surface area contributed by atoms with Crippen molar-refractivity contribution in [3.63, 3.8) is 0 Å². The number of aromatic amines is 1. The van der Waals surface area contributed by atoms with Crippen LogP contribution in [0.5, 0.6) is 0 Å². The number of hydrogen-bond acceptors (Lipinski definition) is 6. The number of fused-ring (bicyclic) bond motifs is 2. The highest BCUT2D eigenvalue weighted by Crippen LogP contribution is 2.37. The minimum Gasteiger partial charge on any atom is -0.384 e. The smallest absolute Gasteiger partial charge is 0.256 e. The fourth-order valence-electron chi connectivity index (χ4n) is 4.94. The molecule has 1 saturated heterocycles. The van der Waals surface area contributed by atoms with Crippen LogP contribution in [0.2, 0.25) is 0 Å². The second kappa shape index (κ2) is 10.1. The van der Waals surface area contributed by atoms with Crippen LogP contribution in [0.25, 0.3) is 11.6 Å². The van der Waals surface area contributed by atoms with Crippen LogP contribution in [0.1, 0.15) is 39.8 Å². The first-order chi connectivity index (χ1) is 17.7. The molecule has 4 N–H and O–H groups in total. The lowest BCUT2D eigenvalue weighted by Crippen LogP contribution is -2.45. The van der Waals surface area contributed by atoms with E-state index in [2.05, 4.69) is 20.5 Å². The molecule has 1 aromatic heterocycles. The van der Waals surface area contributed by atoms with Gasteiger partial charge in [0, 0.05) is 56.1 Å². The van der Waals surface area contributed by atoms with Crippen molar-refractivity contribution >= 4 is 40.7 Å². The minimum absolute atomic E-state index is 0.0336. The molecule has 3 amide bonds. The molecule has 3 aliphatic heterocycles. The highest BCUT2D eigenvalue weighted by Gasteiger charge is 2.31. The van der Waals surface area contributed by atoms with Gasteiger partial charge < -0.3 is 30.4 Å². The number of aliphatic hydroxyl groups excluding tert-OH is 1. The highest BCUT2D eigenvalue weighted by molar-refractivity contribution is 6.35. The predicted octanol–water partition coefficient (Wildman–Crippen LogP) is 1.60. The van der Waals surface area contributed by atoms with Gasteiger partial charge in [0.15, 0.2) is 0 Å². The lowest BCUT2D eigenvalue weighted by Gasteiger charge is -2.32. The Hall–Kier alpha value is -3.54. The Labute approximate surface area is 213 Å². The molecule has 10 nitrogen and oxygen atoms in total. The van der Waals surface area contributed by atoms with Gasteiger partial charge in [0.1, 0.15) is 11.9 Å². The Bertz CT molecular complexity index is 1290. The summed E-state index contributed by atoms with van der Waals surface area (Å²) in [5.74, 6) is -1.94. The zero-order valence-electron chi connectivity index (χ0n) is 20.8. The van der Waals surface area contributed by atoms with Gasteiger partial charge in [-0.3, -0.25) is 19.3 Å². The number of H-pyrrole nitrogens is 1. The number of aromatic nitrogens is 1. The number of nitrogens with one attached hydrogen (secondary N) is 3. The van der Waals surface area contributed by atoms with Crippen molar-refractivity contribution in [1.82, 2.24) is 14.8 Å². The van der Waals surface area contributed by atoms with Crippen LogP contribution in [0, 0.1) is 12.7 Å². The molecule has 37 heavy (non-hydrogen) atoms. The number of anilines is 2. The molecular weight excluding hydrogens is 481 g/mol. The van der Waals surface area contributed by atoms with E-state index >= 15 is 0 Å². The van der Waals surface area contributed by atoms with Gasteiger partial charge >= 0.3 is 0 Å². The van der Waals surface area contributed by atoms with Crippen molar-refractivity contribution in [3.05, 3.63) is 46.0 Å². The molecule has 0 aliphatic carbocycles. The van der Waals surface area contributed by atoms with E-state index in [4.69, 9.17) is 4.74 Å². The highest BCUT2D eigenvalue weighted by atomic mass is 19.1. The summed E-state index contributed by atoms with van der Waals surface area (Å²) in [4.78, 5) is 45.3. The maximum absolute atomic E-state index is 14.7. The maximum atomic E-state index is 14.7. The Balaban J connectivity index is 1.38. The Morgan fingerprint density at radius 3 is 2.73 bits per heavy atom. The van der Waals surface area contributed by atoms with Crippen molar-refractivity contribution in [1.29, 1.82) is 0 Å². The minimum atomic E-state index is -1.31. The summed E-state index contributed by atoms with van der Waals surface area (Å²) >= 11 is 0. The molecule has 0 radical (unpaired) electrons. The summed E-state index contributed by atoms with van der Waals surface area (Å²) in [6.45, 7) is 8.33. The van der Waals surface area contributed by atoms with Crippen LogP contribution in [0.4, 0.5) is 15.8 Å². The summed E-state index contributed by atoms with van der Waals surface area (Å²) in [6, 6.07) is 2.50. The summed E-state index contributed by atoms with van der Waals surface area (Å²) in [7, 11) is 0. The first kappa shape index (κ1) is 25.1. The van der Waals surface area contributed by atoms with E-state index in [1.54, 1.807) is 6.08 Å². The van der Waals surface area contributed by atoms with Crippen LogP contribution in [0.3, 0.4) is 0 Å². The zero-order valence-corrected chi connectivity index (χ0v) is 20.8. The molecule has 1 aromatic carbocycles. The van der Waals surface area contributed by atoms with E-state index in [0.717, 1.165) is 30.9 Å². The molecule has 0 saturated carbocycles. The van der Waals surface area contributed by atoms with E-state index in [-0.39, 0.29) is 17.2 Å². The van der Waals surface area contributed by atoms with Gasteiger partial charge in [-0.15, -0.1) is 0 Å². The maximum Gasteiger partial charge on any atom is 0.256 e. The second-order valence-electron chi connectivity index (χ2n) is 9.57. The fourth-order valence-corrected chi connectivity index (χ4v) is 4.94. The van der Waals surface area contributed by atoms with Crippen LogP contribution in [-0.2, 0) is 20.7 Å². The molecule has 3 aliphatic rings. The van der Waals surface area contributed by atoms with Gasteiger partial charge in [0.2, 0.25) is 0 Å². The molecule has 1 atom stereocenters. The normalized spacial score (nSPS) is 19.6. The summed E-state index contributed by atoms with van der Waals surface area (Å²) < 4.78 is 20.1. The number of rotatable bonds is 6. The largest absolute Gasteiger partial charge is 0.384 e. The van der Waals surface area contributed by atoms with Crippen LogP contribution in [-0.4, -0.2) is 89.7 Å². The molecule has 11 heteroatoms. The number of halogens is 1. The average Bonchev–Trinajstić information content (AvgIpc) is 3.35. The lowest BCUT2D eigenvalue weighted by molar-refractivity contribution is -0.123. The van der Waals surface area contributed by atoms with E-state index in [1.807, 2.05) is 11.8 Å². The number of hydrogen-bond donors (Lipinski definition) is 4. The Morgan fingerprint density at radius 2 is 2.00 bits per heavy atom. The van der Waals surface area contributed by atoms with Gasteiger partial charge in [-0.2, -0.15) is 0 Å². The van der Waals surface area contributed by atoms with E-state index in [9.17, 15) is 23.9 Å². The van der Waals surface area contributed by atoms with E-state index in [1.165, 1.54) is 19.1 Å². The number of aliphatic hydroxyl groups is 1. The van der Waals surface area contributed by atoms with Gasteiger partial charge in [-0.25, -0.2) is 4.39 Å². The number of carbonyl (C=O) groups is 3. The van der Waals surface area contributed by atoms with Crippen molar-refractivity contribution in [2.75, 3.05) is 56.6 Å². The Kier molecular flexibility index (Phi) is 6.84. The number of ether oxygens (including phenoxy) is 1. The standard InChI is InChI=1S/C26H30FN5O5/c1-14-20(28-19-3-4-32(26(36)23(14)19)6-5-31-7-9-37-10-8-31)12-17-16-11-18(27)22(30-24(34)15(2)33)13-21(16)29-25(17)35/h11-13,15,28,33H,3-10H2,1-2H3,(H,29,35)(H,30,34). The molecule has 2 aromatic rings. The molecule has 0 spiro atoms. The molecule has 4 heterocycles. The summed E-state index contributed by atoms with van der Waals surface area (Å²) in [5, 5.41) is 14.4. The molecule has 5 rings (SSSR count). The van der Waals surface area contributed by atoms with Crippen molar-refractivity contribution in [2.45, 2.75) is 26.4 Å². The first-order valence-electron chi connectivity index (χ1n) is 12.4. The monoisotopic (exact) mass is 511 g/mol. The third-order valence-electron chi connectivity index (χ3n) is 7.11. The number of nitrogens with zero attached hydrogens (tertiary/aromatic N) is 2. The zero-order chi connectivity index (χ0) is 26.3. The molecule has 0 bridgehead atoms. The van der Waals surface area contributed by atoms with Crippen molar-refractivity contribution in [3.8, 4) is 0 Å². The van der Waals surface area contributed by atoms with Gasteiger partial charge in [-0.1, -0.05) is 0 Å². The van der Waals surface area contributed by atoms with E-state index in [0.29, 0.717) is 55.2 Å². The van der Waals surface area contributed by atoms with E-state index < -0.39 is 23.7 Å². The predicted molar refractivity (Wildman–Crippen MR) is 136 cm³/mol. The first-order valence-corrected chi connectivity index (χ1v) is 12.4. The van der Waals surface area contributed by atoms with Gasteiger partial charge in [0.05, 0.1) is 35.7 Å². The second-order valence-corrected chi connectivity index (χ2v) is 9.57. The third kappa shape index (κ3) is 4.89. The molecule has 196 valence electrons. The molecule has 1 unspecified atom stereocenters. The topological polar surface area (TPSA) is 127 Å². The Morgan fingerprint density at radius 1 is 1.24 bits per heavy atom. The SMILES string of the molecule is Cc1c(C=C2C(=O)Nc3cc(NC(=O)C(C)O)c(F)cc32)[nH]c2c1C(=O)N(CCN1CCOCC1)CC2. The van der Waals surface area contributed by atoms with Gasteiger partial charge in [0.25, 0.3) is 17.7 Å². The number of benzene rings is 1. The van der Waals surface area contributed by atoms with Crippen molar-refractivity contribution < 1.29 is 28.6 Å². The number of carbonyl (C=O) groups excluding carboxylic acids is 3. The average molecular weight is 512 g/mol. The fraction of sp³-hybridized carbons (Fsp3) is 0.423. The van der Waals surface area contributed by atoms with Crippen LogP contribution in [0.15, 0.2) is 12.1 Å². The summed E-state index contributed by atoms with van der Waals surface area (Å²) in [5.41, 5.74) is 3.63. The third-order valence-corrected chi connectivity index (χ3v) is 7.11.